The summed E-state index contributed by atoms with van der Waals surface area (Å²) in [7, 11) is 1.44. The van der Waals surface area contributed by atoms with E-state index >= 15 is 0 Å². The number of hydrogen-bond donors (Lipinski definition) is 1. The Labute approximate surface area is 190 Å². The first-order chi connectivity index (χ1) is 15.2. The minimum absolute atomic E-state index is 0.0179. The molecule has 1 aromatic rings. The number of hydrogen-bond acceptors (Lipinski definition) is 7. The first kappa shape index (κ1) is 25.8. The van der Waals surface area contributed by atoms with Gasteiger partial charge in [0.05, 0.1) is 12.5 Å². The Morgan fingerprint density at radius 2 is 1.88 bits per heavy atom. The Kier molecular flexibility index (Phi) is 9.65. The fourth-order valence-corrected chi connectivity index (χ4v) is 3.42. The lowest BCUT2D eigenvalue weighted by atomic mass is 10.1. The molecule has 0 aromatic heterocycles. The smallest absolute Gasteiger partial charge is 0.417 e. The SMILES string of the molecule is CCOC(=O)C1CC1CNCCCN(C(=O)OC(C)(C)C)C(=O)C(OC)c1ccccc1. The zero-order valence-corrected chi connectivity index (χ0v) is 19.8. The van der Waals surface area contributed by atoms with Crippen molar-refractivity contribution in [1.82, 2.24) is 10.2 Å². The number of methoxy groups -OCH3 is 1. The molecule has 1 aromatic carbocycles. The molecule has 1 aliphatic rings. The molecule has 0 saturated heterocycles. The van der Waals surface area contributed by atoms with Crippen LogP contribution in [-0.4, -0.2) is 61.8 Å². The predicted molar refractivity (Wildman–Crippen MR) is 120 cm³/mol. The molecule has 3 atom stereocenters. The van der Waals surface area contributed by atoms with Gasteiger partial charge in [-0.05, 0) is 65.1 Å². The first-order valence-corrected chi connectivity index (χ1v) is 11.2. The second-order valence-corrected chi connectivity index (χ2v) is 8.91. The maximum Gasteiger partial charge on any atom is 0.417 e. The summed E-state index contributed by atoms with van der Waals surface area (Å²) in [5.74, 6) is -0.325. The van der Waals surface area contributed by atoms with E-state index in [2.05, 4.69) is 5.32 Å². The van der Waals surface area contributed by atoms with Crippen molar-refractivity contribution in [3.05, 3.63) is 35.9 Å². The van der Waals surface area contributed by atoms with E-state index in [4.69, 9.17) is 14.2 Å². The molecule has 0 bridgehead atoms. The van der Waals surface area contributed by atoms with E-state index in [-0.39, 0.29) is 24.3 Å². The van der Waals surface area contributed by atoms with Crippen LogP contribution in [0.1, 0.15) is 52.2 Å². The van der Waals surface area contributed by atoms with Gasteiger partial charge in [-0.3, -0.25) is 9.59 Å². The van der Waals surface area contributed by atoms with Crippen LogP contribution in [0.2, 0.25) is 0 Å². The zero-order chi connectivity index (χ0) is 23.7. The number of imide groups is 1. The van der Waals surface area contributed by atoms with Crippen LogP contribution in [0.25, 0.3) is 0 Å². The summed E-state index contributed by atoms with van der Waals surface area (Å²) in [6.07, 6.45) is -0.202. The average Bonchev–Trinajstić information content (AvgIpc) is 3.50. The number of esters is 1. The fraction of sp³-hybridized carbons (Fsp3) is 0.625. The highest BCUT2D eigenvalue weighted by molar-refractivity contribution is 5.95. The highest BCUT2D eigenvalue weighted by Gasteiger charge is 2.43. The van der Waals surface area contributed by atoms with Crippen molar-refractivity contribution in [1.29, 1.82) is 0 Å². The van der Waals surface area contributed by atoms with Crippen LogP contribution in [0, 0.1) is 11.8 Å². The summed E-state index contributed by atoms with van der Waals surface area (Å²) >= 11 is 0. The number of amides is 2. The van der Waals surface area contributed by atoms with Crippen molar-refractivity contribution in [2.45, 2.75) is 52.2 Å². The highest BCUT2D eigenvalue weighted by atomic mass is 16.6. The third kappa shape index (κ3) is 7.91. The number of nitrogens with one attached hydrogen (secondary N) is 1. The van der Waals surface area contributed by atoms with Gasteiger partial charge in [0.2, 0.25) is 0 Å². The lowest BCUT2D eigenvalue weighted by Gasteiger charge is -2.28. The van der Waals surface area contributed by atoms with Crippen LogP contribution < -0.4 is 5.32 Å². The molecule has 32 heavy (non-hydrogen) atoms. The molecule has 3 unspecified atom stereocenters. The first-order valence-electron chi connectivity index (χ1n) is 11.2. The molecule has 0 aliphatic heterocycles. The van der Waals surface area contributed by atoms with Crippen LogP contribution in [0.5, 0.6) is 0 Å². The molecule has 178 valence electrons. The Morgan fingerprint density at radius 1 is 1.19 bits per heavy atom. The number of ether oxygens (including phenoxy) is 3. The van der Waals surface area contributed by atoms with Crippen molar-refractivity contribution in [2.24, 2.45) is 11.8 Å². The Bertz CT molecular complexity index is 762. The van der Waals surface area contributed by atoms with Gasteiger partial charge in [0.15, 0.2) is 6.10 Å². The number of benzene rings is 1. The standard InChI is InChI=1S/C24H36N2O6/c1-6-31-22(28)19-15-18(19)16-25-13-10-14-26(23(29)32-24(2,3)4)21(27)20(30-5)17-11-8-7-9-12-17/h7-9,11-12,18-20,25H,6,10,13-16H2,1-5H3. The van der Waals surface area contributed by atoms with Gasteiger partial charge in [0.25, 0.3) is 5.91 Å². The van der Waals surface area contributed by atoms with Crippen LogP contribution in [0.3, 0.4) is 0 Å². The summed E-state index contributed by atoms with van der Waals surface area (Å²) in [5.41, 5.74) is -0.0532. The van der Waals surface area contributed by atoms with Gasteiger partial charge in [-0.1, -0.05) is 30.3 Å². The summed E-state index contributed by atoms with van der Waals surface area (Å²) in [6.45, 7) is 8.98. The maximum absolute atomic E-state index is 13.2. The van der Waals surface area contributed by atoms with Gasteiger partial charge in [-0.15, -0.1) is 0 Å². The third-order valence-electron chi connectivity index (χ3n) is 5.10. The van der Waals surface area contributed by atoms with Crippen molar-refractivity contribution >= 4 is 18.0 Å². The molecule has 1 fully saturated rings. The van der Waals surface area contributed by atoms with E-state index in [1.54, 1.807) is 39.8 Å². The molecular weight excluding hydrogens is 412 g/mol. The summed E-state index contributed by atoms with van der Waals surface area (Å²) in [4.78, 5) is 38.8. The molecule has 8 nitrogen and oxygen atoms in total. The lowest BCUT2D eigenvalue weighted by molar-refractivity contribution is -0.145. The summed E-state index contributed by atoms with van der Waals surface area (Å²) in [6, 6.07) is 9.06. The van der Waals surface area contributed by atoms with Gasteiger partial charge in [-0.2, -0.15) is 0 Å². The normalized spacial score (nSPS) is 18.5. The van der Waals surface area contributed by atoms with Crippen molar-refractivity contribution in [3.8, 4) is 0 Å². The molecule has 8 heteroatoms. The van der Waals surface area contributed by atoms with E-state index in [1.807, 2.05) is 18.2 Å². The van der Waals surface area contributed by atoms with Gasteiger partial charge in [0.1, 0.15) is 5.60 Å². The molecule has 1 saturated carbocycles. The van der Waals surface area contributed by atoms with Crippen LogP contribution in [-0.2, 0) is 23.8 Å². The van der Waals surface area contributed by atoms with Gasteiger partial charge < -0.3 is 19.5 Å². The number of nitrogens with zero attached hydrogens (tertiary/aromatic N) is 1. The summed E-state index contributed by atoms with van der Waals surface area (Å²) in [5, 5.41) is 3.30. The highest BCUT2D eigenvalue weighted by Crippen LogP contribution is 2.38. The van der Waals surface area contributed by atoms with E-state index in [1.165, 1.54) is 7.11 Å². The fourth-order valence-electron chi connectivity index (χ4n) is 3.42. The topological polar surface area (TPSA) is 94.2 Å². The minimum atomic E-state index is -0.895. The zero-order valence-electron chi connectivity index (χ0n) is 19.8. The van der Waals surface area contributed by atoms with Crippen LogP contribution in [0.4, 0.5) is 4.79 Å². The van der Waals surface area contributed by atoms with Gasteiger partial charge in [-0.25, -0.2) is 9.69 Å². The van der Waals surface area contributed by atoms with Crippen LogP contribution in [0.15, 0.2) is 30.3 Å². The van der Waals surface area contributed by atoms with Gasteiger partial charge in [0, 0.05) is 13.7 Å². The second-order valence-electron chi connectivity index (χ2n) is 8.91. The Balaban J connectivity index is 1.92. The molecule has 1 aliphatic carbocycles. The minimum Gasteiger partial charge on any atom is -0.466 e. The quantitative estimate of drug-likeness (QED) is 0.410. The molecule has 1 N–H and O–H groups in total. The molecule has 0 heterocycles. The van der Waals surface area contributed by atoms with Crippen LogP contribution >= 0.6 is 0 Å². The third-order valence-corrected chi connectivity index (χ3v) is 5.10. The largest absolute Gasteiger partial charge is 0.466 e. The monoisotopic (exact) mass is 448 g/mol. The number of rotatable bonds is 11. The van der Waals surface area contributed by atoms with Crippen molar-refractivity contribution in [3.63, 3.8) is 0 Å². The lowest BCUT2D eigenvalue weighted by Crippen LogP contribution is -2.44. The molecule has 2 rings (SSSR count). The summed E-state index contributed by atoms with van der Waals surface area (Å²) < 4.78 is 15.9. The van der Waals surface area contributed by atoms with Crippen molar-refractivity contribution < 1.29 is 28.6 Å². The van der Waals surface area contributed by atoms with E-state index in [9.17, 15) is 14.4 Å². The maximum atomic E-state index is 13.2. The molecule has 0 spiro atoms. The van der Waals surface area contributed by atoms with E-state index in [0.29, 0.717) is 31.7 Å². The molecule has 0 radical (unpaired) electrons. The second kappa shape index (κ2) is 12.0. The Hall–Kier alpha value is -2.45. The van der Waals surface area contributed by atoms with E-state index in [0.717, 1.165) is 11.3 Å². The number of carbonyl (C=O) groups is 3. The predicted octanol–water partition coefficient (Wildman–Crippen LogP) is 3.32. The molecular formula is C24H36N2O6. The Morgan fingerprint density at radius 3 is 2.47 bits per heavy atom. The number of carbonyl (C=O) groups excluding carboxylic acids is 3. The molecule has 2 amide bonds. The van der Waals surface area contributed by atoms with Crippen molar-refractivity contribution in [2.75, 3.05) is 33.4 Å². The van der Waals surface area contributed by atoms with Gasteiger partial charge >= 0.3 is 12.1 Å². The van der Waals surface area contributed by atoms with E-state index < -0.39 is 23.7 Å². The average molecular weight is 449 g/mol.